The lowest BCUT2D eigenvalue weighted by Gasteiger charge is -2.15. The SMILES string of the molecule is CC.CCc1c(Cl)ccc(-c2c(-c3ccc4c(=O)[nH]nc(CN)c4c3)cnn2C)c1C#N.CN=C(/C(=C\N)c1ccc2c(=O)[nH]nc(CN)c2c1)c1cccc(C2CC2)c1C#N. The zero-order valence-electron chi connectivity index (χ0n) is 35.2. The van der Waals surface area contributed by atoms with E-state index in [1.165, 1.54) is 6.20 Å². The van der Waals surface area contributed by atoms with Crippen LogP contribution in [0.15, 0.2) is 93.7 Å². The fourth-order valence-electron chi connectivity index (χ4n) is 7.67. The largest absolute Gasteiger partial charge is 0.404 e. The van der Waals surface area contributed by atoms with Crippen LogP contribution in [0.5, 0.6) is 0 Å². The Morgan fingerprint density at radius 3 is 2.08 bits per heavy atom. The third-order valence-electron chi connectivity index (χ3n) is 10.8. The predicted molar refractivity (Wildman–Crippen MR) is 246 cm³/mol. The molecule has 0 aliphatic heterocycles. The summed E-state index contributed by atoms with van der Waals surface area (Å²) in [5.41, 5.74) is 27.4. The molecule has 1 aliphatic rings. The number of aromatic nitrogens is 6. The van der Waals surface area contributed by atoms with Crippen LogP contribution in [0.2, 0.25) is 5.02 Å². The van der Waals surface area contributed by atoms with Gasteiger partial charge in [-0.3, -0.25) is 19.3 Å². The molecule has 14 nitrogen and oxygen atoms in total. The van der Waals surface area contributed by atoms with E-state index in [2.05, 4.69) is 42.6 Å². The Morgan fingerprint density at radius 1 is 0.887 bits per heavy atom. The number of aromatic amines is 2. The number of nitrogens with two attached hydrogens (primary N) is 3. The van der Waals surface area contributed by atoms with Gasteiger partial charge in [0.25, 0.3) is 11.1 Å². The van der Waals surface area contributed by atoms with Crippen molar-refractivity contribution in [3.63, 3.8) is 0 Å². The highest BCUT2D eigenvalue weighted by Gasteiger charge is 2.29. The van der Waals surface area contributed by atoms with Gasteiger partial charge >= 0.3 is 0 Å². The molecule has 3 aromatic heterocycles. The van der Waals surface area contributed by atoms with Crippen LogP contribution in [-0.4, -0.2) is 42.9 Å². The molecule has 62 heavy (non-hydrogen) atoms. The zero-order chi connectivity index (χ0) is 44.7. The van der Waals surface area contributed by atoms with Gasteiger partial charge < -0.3 is 17.2 Å². The first kappa shape index (κ1) is 44.3. The molecule has 0 saturated heterocycles. The predicted octanol–water partition coefficient (Wildman–Crippen LogP) is 7.11. The third kappa shape index (κ3) is 8.40. The number of benzene rings is 4. The number of fused-ring (bicyclic) bond motifs is 2. The van der Waals surface area contributed by atoms with Crippen LogP contribution < -0.4 is 28.3 Å². The van der Waals surface area contributed by atoms with Crippen molar-refractivity contribution in [2.24, 2.45) is 29.2 Å². The first-order valence-corrected chi connectivity index (χ1v) is 20.6. The lowest BCUT2D eigenvalue weighted by atomic mass is 9.89. The van der Waals surface area contributed by atoms with Crippen LogP contribution in [0.3, 0.4) is 0 Å². The lowest BCUT2D eigenvalue weighted by Crippen LogP contribution is -2.14. The zero-order valence-corrected chi connectivity index (χ0v) is 35.9. The number of hydrogen-bond donors (Lipinski definition) is 5. The second-order valence-corrected chi connectivity index (χ2v) is 14.6. The molecule has 8 N–H and O–H groups in total. The number of aliphatic imine (C=N–C) groups is 1. The highest BCUT2D eigenvalue weighted by atomic mass is 35.5. The summed E-state index contributed by atoms with van der Waals surface area (Å²) >= 11 is 6.33. The Hall–Kier alpha value is -7.23. The molecule has 0 unspecified atom stereocenters. The topological polar surface area (TPSA) is 247 Å². The Morgan fingerprint density at radius 2 is 1.52 bits per heavy atom. The number of rotatable bonds is 9. The van der Waals surface area contributed by atoms with Gasteiger partial charge in [0.2, 0.25) is 0 Å². The van der Waals surface area contributed by atoms with Gasteiger partial charge in [-0.25, -0.2) is 10.2 Å². The van der Waals surface area contributed by atoms with Crippen molar-refractivity contribution in [3.05, 3.63) is 150 Å². The van der Waals surface area contributed by atoms with Crippen molar-refractivity contribution in [3.8, 4) is 34.5 Å². The van der Waals surface area contributed by atoms with Crippen molar-refractivity contribution in [2.45, 2.75) is 59.0 Å². The molecule has 0 amide bonds. The summed E-state index contributed by atoms with van der Waals surface area (Å²) in [4.78, 5) is 28.8. The fraction of sp³-hybridized carbons (Fsp3) is 0.234. The number of nitrogens with one attached hydrogen (secondary N) is 2. The Bertz CT molecular complexity index is 3090. The molecule has 1 aliphatic carbocycles. The van der Waals surface area contributed by atoms with E-state index >= 15 is 0 Å². The van der Waals surface area contributed by atoms with Crippen LogP contribution in [0.25, 0.3) is 49.5 Å². The number of hydrogen-bond acceptors (Lipinski definition) is 11. The maximum atomic E-state index is 12.1. The Labute approximate surface area is 363 Å². The number of H-pyrrole nitrogens is 2. The monoisotopic (exact) mass is 846 g/mol. The van der Waals surface area contributed by atoms with Gasteiger partial charge in [0.05, 0.1) is 50.9 Å². The molecule has 8 rings (SSSR count). The summed E-state index contributed by atoms with van der Waals surface area (Å²) in [6.45, 7) is 6.36. The summed E-state index contributed by atoms with van der Waals surface area (Å²) < 4.78 is 1.74. The Balaban J connectivity index is 0.000000199. The quantitative estimate of drug-likeness (QED) is 0.0921. The average Bonchev–Trinajstić information content (AvgIpc) is 4.09. The van der Waals surface area contributed by atoms with Crippen molar-refractivity contribution in [1.82, 2.24) is 30.2 Å². The molecule has 7 aromatic rings. The van der Waals surface area contributed by atoms with Crippen molar-refractivity contribution >= 4 is 44.4 Å². The smallest absolute Gasteiger partial charge is 0.272 e. The normalized spacial score (nSPS) is 12.5. The molecule has 1 fully saturated rings. The number of halogens is 1. The van der Waals surface area contributed by atoms with Crippen LogP contribution in [0.1, 0.15) is 84.3 Å². The van der Waals surface area contributed by atoms with Crippen molar-refractivity contribution in [1.29, 1.82) is 10.5 Å². The molecule has 3 heterocycles. The van der Waals surface area contributed by atoms with Gasteiger partial charge in [0, 0.05) is 71.4 Å². The van der Waals surface area contributed by atoms with Gasteiger partial charge in [0.15, 0.2) is 0 Å². The first-order chi connectivity index (χ1) is 30.1. The minimum Gasteiger partial charge on any atom is -0.404 e. The third-order valence-corrected chi connectivity index (χ3v) is 11.1. The van der Waals surface area contributed by atoms with E-state index in [-0.39, 0.29) is 24.2 Å². The molecule has 0 radical (unpaired) electrons. The van der Waals surface area contributed by atoms with Gasteiger partial charge in [-0.1, -0.05) is 62.7 Å². The maximum absolute atomic E-state index is 12.1. The molecule has 0 atom stereocenters. The van der Waals surface area contributed by atoms with Crippen molar-refractivity contribution in [2.75, 3.05) is 7.05 Å². The summed E-state index contributed by atoms with van der Waals surface area (Å²) in [6, 6.07) is 25.1. The van der Waals surface area contributed by atoms with E-state index in [0.29, 0.717) is 72.7 Å². The highest BCUT2D eigenvalue weighted by molar-refractivity contribution is 6.33. The van der Waals surface area contributed by atoms with E-state index in [1.807, 2.05) is 82.4 Å². The molecular formula is C47H47ClN12O2. The van der Waals surface area contributed by atoms with Crippen molar-refractivity contribution < 1.29 is 0 Å². The minimum absolute atomic E-state index is 0.190. The summed E-state index contributed by atoms with van der Waals surface area (Å²) in [6.07, 6.45) is 6.08. The van der Waals surface area contributed by atoms with Crippen LogP contribution >= 0.6 is 11.6 Å². The fourth-order valence-corrected chi connectivity index (χ4v) is 7.96. The molecule has 4 aromatic carbocycles. The molecule has 0 bridgehead atoms. The number of nitriles is 2. The van der Waals surface area contributed by atoms with E-state index in [0.717, 1.165) is 57.5 Å². The summed E-state index contributed by atoms with van der Waals surface area (Å²) in [7, 11) is 3.52. The van der Waals surface area contributed by atoms with Gasteiger partial charge in [-0.15, -0.1) is 0 Å². The van der Waals surface area contributed by atoms with Gasteiger partial charge in [-0.2, -0.15) is 25.8 Å². The number of allylic oxidation sites excluding steroid dienone is 1. The number of nitrogens with zero attached hydrogens (tertiary/aromatic N) is 7. The van der Waals surface area contributed by atoms with Crippen LogP contribution in [0.4, 0.5) is 0 Å². The second kappa shape index (κ2) is 19.4. The van der Waals surface area contributed by atoms with Gasteiger partial charge in [0.1, 0.15) is 12.1 Å². The van der Waals surface area contributed by atoms with Gasteiger partial charge in [-0.05, 0) is 83.8 Å². The molecule has 314 valence electrons. The van der Waals surface area contributed by atoms with E-state index in [4.69, 9.17) is 28.8 Å². The lowest BCUT2D eigenvalue weighted by molar-refractivity contribution is 0.775. The standard InChI is InChI=1S/C23H22N6O.C22H19ClN6O.C2H6/c1-27-22(16-4-2-3-15(13-5-6-13)20(16)11-25)19(10-24)14-7-8-17-18(9-14)21(12-26)28-29-23(17)30;1-3-13-17(9-24)14(6-7-19(13)23)21-18(11-26-29(21)2)12-4-5-15-16(8-12)20(10-25)27-28-22(15)30;1-2/h2-4,7-10,13H,5-6,12,24,26H2,1H3,(H,29,30);4-8,11H,3,10,25H2,1-2H3,(H,28,30);1-2H3/b19-10-,27-22?;;. The minimum atomic E-state index is -0.277. The van der Waals surface area contributed by atoms with E-state index in [9.17, 15) is 20.1 Å². The highest BCUT2D eigenvalue weighted by Crippen LogP contribution is 2.43. The molecule has 0 spiro atoms. The maximum Gasteiger partial charge on any atom is 0.272 e. The summed E-state index contributed by atoms with van der Waals surface area (Å²) in [5.74, 6) is 0.439. The summed E-state index contributed by atoms with van der Waals surface area (Å²) in [5, 5.41) is 40.2. The van der Waals surface area contributed by atoms with Crippen LogP contribution in [0, 0.1) is 22.7 Å². The first-order valence-electron chi connectivity index (χ1n) is 20.2. The van der Waals surface area contributed by atoms with E-state index in [1.54, 1.807) is 30.1 Å². The molecule has 15 heteroatoms. The average molecular weight is 847 g/mol. The molecule has 1 saturated carbocycles. The van der Waals surface area contributed by atoms with Crippen LogP contribution in [-0.2, 0) is 26.6 Å². The molecular weight excluding hydrogens is 800 g/mol. The Kier molecular flexibility index (Phi) is 13.9. The number of aryl methyl sites for hydroxylation is 1. The van der Waals surface area contributed by atoms with E-state index < -0.39 is 0 Å². The second-order valence-electron chi connectivity index (χ2n) is 14.2.